The maximum absolute atomic E-state index is 12.7. The van der Waals surface area contributed by atoms with Gasteiger partial charge in [0, 0.05) is 19.3 Å². The summed E-state index contributed by atoms with van der Waals surface area (Å²) in [4.78, 5) is 37.7. The molecule has 0 aromatic heterocycles. The Kier molecular flexibility index (Phi) is 43.4. The van der Waals surface area contributed by atoms with E-state index in [0.29, 0.717) is 19.3 Å². The third-order valence-corrected chi connectivity index (χ3v) is 10.4. The highest BCUT2D eigenvalue weighted by atomic mass is 16.6. The molecule has 0 rings (SSSR count). The van der Waals surface area contributed by atoms with E-state index in [9.17, 15) is 14.4 Å². The van der Waals surface area contributed by atoms with Crippen LogP contribution in [0, 0.1) is 0 Å². The summed E-state index contributed by atoms with van der Waals surface area (Å²) in [5, 5.41) is 0. The van der Waals surface area contributed by atoms with Crippen LogP contribution in [0.25, 0.3) is 0 Å². The molecule has 0 amide bonds. The Labute approximate surface area is 346 Å². The number of carbonyl (C=O) groups is 3. The predicted octanol–water partition coefficient (Wildman–Crippen LogP) is 15.4. The van der Waals surface area contributed by atoms with Gasteiger partial charge in [-0.3, -0.25) is 14.4 Å². The van der Waals surface area contributed by atoms with Crippen molar-refractivity contribution in [3.05, 3.63) is 36.5 Å². The molecule has 0 saturated heterocycles. The van der Waals surface area contributed by atoms with Crippen LogP contribution in [0.5, 0.6) is 0 Å². The highest BCUT2D eigenvalue weighted by Gasteiger charge is 2.19. The molecule has 0 bridgehead atoms. The summed E-state index contributed by atoms with van der Waals surface area (Å²) < 4.78 is 16.7. The van der Waals surface area contributed by atoms with Gasteiger partial charge < -0.3 is 14.2 Å². The van der Waals surface area contributed by atoms with Crippen LogP contribution in [-0.2, 0) is 28.6 Å². The average molecular weight is 787 g/mol. The van der Waals surface area contributed by atoms with Gasteiger partial charge in [-0.25, -0.2) is 0 Å². The lowest BCUT2D eigenvalue weighted by Crippen LogP contribution is -2.30. The van der Waals surface area contributed by atoms with Gasteiger partial charge >= 0.3 is 17.9 Å². The quantitative estimate of drug-likeness (QED) is 0.0265. The molecule has 0 aliphatic rings. The topological polar surface area (TPSA) is 78.9 Å². The van der Waals surface area contributed by atoms with Crippen LogP contribution in [-0.4, -0.2) is 37.2 Å². The molecule has 1 atom stereocenters. The second kappa shape index (κ2) is 45.3. The van der Waals surface area contributed by atoms with Crippen molar-refractivity contribution in [2.45, 2.75) is 252 Å². The van der Waals surface area contributed by atoms with Crippen molar-refractivity contribution in [1.29, 1.82) is 0 Å². The van der Waals surface area contributed by atoms with Crippen LogP contribution in [0.4, 0.5) is 0 Å². The molecule has 1 unspecified atom stereocenters. The standard InChI is InChI=1S/C50H90O6/c1-4-7-10-13-16-19-21-23-24-25-27-28-31-34-37-40-43-49(52)55-46-47(45-54-48(51)42-39-36-33-30-18-15-12-9-6-3)56-50(53)44-41-38-35-32-29-26-22-20-17-14-11-8-5-2/h8,11,17,20,26,29,47H,4-7,9-10,12-16,18-19,21-25,27-28,30-46H2,1-3H3/b11-8-,20-17-,29-26-. The second-order valence-electron chi connectivity index (χ2n) is 16.0. The third kappa shape index (κ3) is 42.8. The highest BCUT2D eigenvalue weighted by Crippen LogP contribution is 2.15. The minimum atomic E-state index is -0.780. The summed E-state index contributed by atoms with van der Waals surface area (Å²) in [6, 6.07) is 0. The molecule has 6 nitrogen and oxygen atoms in total. The normalized spacial score (nSPS) is 12.3. The summed E-state index contributed by atoms with van der Waals surface area (Å²) in [7, 11) is 0. The maximum Gasteiger partial charge on any atom is 0.306 e. The number of rotatable bonds is 43. The zero-order valence-corrected chi connectivity index (χ0v) is 37.2. The predicted molar refractivity (Wildman–Crippen MR) is 238 cm³/mol. The summed E-state index contributed by atoms with van der Waals surface area (Å²) in [5.74, 6) is -0.906. The first kappa shape index (κ1) is 53.6. The summed E-state index contributed by atoms with van der Waals surface area (Å²) in [5.41, 5.74) is 0. The van der Waals surface area contributed by atoms with Crippen LogP contribution >= 0.6 is 0 Å². The first-order chi connectivity index (χ1) is 27.5. The monoisotopic (exact) mass is 787 g/mol. The molecule has 0 aliphatic heterocycles. The Hall–Kier alpha value is -2.37. The van der Waals surface area contributed by atoms with E-state index in [-0.39, 0.29) is 31.1 Å². The molecule has 0 aliphatic carbocycles. The Morgan fingerprint density at radius 3 is 1.09 bits per heavy atom. The van der Waals surface area contributed by atoms with Gasteiger partial charge in [0.1, 0.15) is 13.2 Å². The molecule has 0 saturated carbocycles. The molecule has 0 aromatic rings. The number of esters is 3. The number of allylic oxidation sites excluding steroid dienone is 6. The van der Waals surface area contributed by atoms with Crippen molar-refractivity contribution in [1.82, 2.24) is 0 Å². The molecule has 326 valence electrons. The summed E-state index contributed by atoms with van der Waals surface area (Å²) in [6.45, 7) is 6.49. The van der Waals surface area contributed by atoms with Gasteiger partial charge in [-0.1, -0.05) is 211 Å². The Balaban J connectivity index is 4.34. The smallest absolute Gasteiger partial charge is 0.306 e. The first-order valence-electron chi connectivity index (χ1n) is 24.0. The number of carbonyl (C=O) groups excluding carboxylic acids is 3. The zero-order valence-electron chi connectivity index (χ0n) is 37.2. The second-order valence-corrected chi connectivity index (χ2v) is 16.0. The van der Waals surface area contributed by atoms with Crippen LogP contribution in [0.2, 0.25) is 0 Å². The molecule has 0 fully saturated rings. The van der Waals surface area contributed by atoms with Gasteiger partial charge in [-0.15, -0.1) is 0 Å². The lowest BCUT2D eigenvalue weighted by atomic mass is 10.0. The molecule has 0 spiro atoms. The fraction of sp³-hybridized carbons (Fsp3) is 0.820. The maximum atomic E-state index is 12.7. The van der Waals surface area contributed by atoms with Crippen LogP contribution < -0.4 is 0 Å². The fourth-order valence-electron chi connectivity index (χ4n) is 6.81. The number of hydrogen-bond donors (Lipinski definition) is 0. The van der Waals surface area contributed by atoms with Crippen molar-refractivity contribution in [2.24, 2.45) is 0 Å². The summed E-state index contributed by atoms with van der Waals surface area (Å²) in [6.07, 6.45) is 51.3. The van der Waals surface area contributed by atoms with Gasteiger partial charge in [0.25, 0.3) is 0 Å². The largest absolute Gasteiger partial charge is 0.462 e. The molecule has 0 heterocycles. The molecular weight excluding hydrogens is 697 g/mol. The van der Waals surface area contributed by atoms with E-state index in [2.05, 4.69) is 57.2 Å². The van der Waals surface area contributed by atoms with E-state index < -0.39 is 6.10 Å². The van der Waals surface area contributed by atoms with Crippen molar-refractivity contribution in [3.63, 3.8) is 0 Å². The Bertz CT molecular complexity index is 953. The minimum Gasteiger partial charge on any atom is -0.462 e. The van der Waals surface area contributed by atoms with E-state index in [0.717, 1.165) is 83.5 Å². The minimum absolute atomic E-state index is 0.0805. The van der Waals surface area contributed by atoms with E-state index in [1.807, 2.05) is 0 Å². The van der Waals surface area contributed by atoms with Gasteiger partial charge in [0.2, 0.25) is 0 Å². The zero-order chi connectivity index (χ0) is 40.8. The SMILES string of the molecule is CC/C=C\C/C=C\C/C=C\CCCCCC(=O)OC(COC(=O)CCCCCCCCCCC)COC(=O)CCCCCCCCCCCCCCCCCC. The third-order valence-electron chi connectivity index (χ3n) is 10.4. The van der Waals surface area contributed by atoms with Crippen molar-refractivity contribution in [3.8, 4) is 0 Å². The Morgan fingerprint density at radius 2 is 0.696 bits per heavy atom. The van der Waals surface area contributed by atoms with Crippen molar-refractivity contribution >= 4 is 17.9 Å². The number of hydrogen-bond acceptors (Lipinski definition) is 6. The van der Waals surface area contributed by atoms with E-state index >= 15 is 0 Å². The van der Waals surface area contributed by atoms with Crippen molar-refractivity contribution < 1.29 is 28.6 Å². The average Bonchev–Trinajstić information content (AvgIpc) is 3.19. The number of unbranched alkanes of at least 4 members (excludes halogenated alkanes) is 26. The van der Waals surface area contributed by atoms with Crippen molar-refractivity contribution in [2.75, 3.05) is 13.2 Å². The van der Waals surface area contributed by atoms with Crippen LogP contribution in [0.1, 0.15) is 245 Å². The summed E-state index contributed by atoms with van der Waals surface area (Å²) >= 11 is 0. The van der Waals surface area contributed by atoms with E-state index in [1.165, 1.54) is 122 Å². The lowest BCUT2D eigenvalue weighted by molar-refractivity contribution is -0.167. The Morgan fingerprint density at radius 1 is 0.375 bits per heavy atom. The molecular formula is C50H90O6. The van der Waals surface area contributed by atoms with Crippen LogP contribution in [0.15, 0.2) is 36.5 Å². The van der Waals surface area contributed by atoms with Gasteiger partial charge in [0.15, 0.2) is 6.10 Å². The fourth-order valence-corrected chi connectivity index (χ4v) is 6.81. The molecule has 0 N–H and O–H groups in total. The van der Waals surface area contributed by atoms with E-state index in [1.54, 1.807) is 0 Å². The van der Waals surface area contributed by atoms with Crippen LogP contribution in [0.3, 0.4) is 0 Å². The van der Waals surface area contributed by atoms with Gasteiger partial charge in [-0.2, -0.15) is 0 Å². The van der Waals surface area contributed by atoms with Gasteiger partial charge in [-0.05, 0) is 51.4 Å². The highest BCUT2D eigenvalue weighted by molar-refractivity contribution is 5.71. The van der Waals surface area contributed by atoms with E-state index in [4.69, 9.17) is 14.2 Å². The molecule has 6 heteroatoms. The molecule has 0 radical (unpaired) electrons. The number of ether oxygens (including phenoxy) is 3. The lowest BCUT2D eigenvalue weighted by Gasteiger charge is -2.18. The van der Waals surface area contributed by atoms with Gasteiger partial charge in [0.05, 0.1) is 0 Å². The molecule has 56 heavy (non-hydrogen) atoms. The first-order valence-corrected chi connectivity index (χ1v) is 24.0. The molecule has 0 aromatic carbocycles.